The van der Waals surface area contributed by atoms with Gasteiger partial charge in [-0.15, -0.1) is 0 Å². The third-order valence-electron chi connectivity index (χ3n) is 5.26. The molecule has 0 spiro atoms. The van der Waals surface area contributed by atoms with Crippen molar-refractivity contribution in [3.05, 3.63) is 70.9 Å². The van der Waals surface area contributed by atoms with E-state index in [0.717, 1.165) is 18.2 Å². The van der Waals surface area contributed by atoms with Gasteiger partial charge in [0, 0.05) is 10.9 Å². The number of nitrogens with zero attached hydrogens (tertiary/aromatic N) is 1. The van der Waals surface area contributed by atoms with Crippen LogP contribution in [0.3, 0.4) is 0 Å². The van der Waals surface area contributed by atoms with Crippen LogP contribution in [0.2, 0.25) is 0 Å². The number of ether oxygens (including phenoxy) is 3. The first kappa shape index (κ1) is 24.7. The molecule has 0 fully saturated rings. The fourth-order valence-corrected chi connectivity index (χ4v) is 3.41. The zero-order valence-corrected chi connectivity index (χ0v) is 19.6. The van der Waals surface area contributed by atoms with Crippen molar-refractivity contribution >= 4 is 28.7 Å². The third kappa shape index (κ3) is 6.10. The molecule has 1 amide bonds. The number of pyridine rings is 1. The van der Waals surface area contributed by atoms with Gasteiger partial charge in [-0.2, -0.15) is 0 Å². The summed E-state index contributed by atoms with van der Waals surface area (Å²) in [6, 6.07) is 14.1. The molecule has 0 aliphatic rings. The van der Waals surface area contributed by atoms with Crippen molar-refractivity contribution in [3.8, 4) is 5.75 Å². The lowest BCUT2D eigenvalue weighted by atomic mass is 10.0. The number of unbranched alkanes of at least 4 members (excludes halogenated alkanes) is 1. The van der Waals surface area contributed by atoms with Crippen molar-refractivity contribution < 1.29 is 28.6 Å². The van der Waals surface area contributed by atoms with Crippen molar-refractivity contribution in [2.45, 2.75) is 33.3 Å². The maximum atomic E-state index is 12.3. The minimum absolute atomic E-state index is 0.228. The molecule has 3 aromatic rings. The van der Waals surface area contributed by atoms with Gasteiger partial charge < -0.3 is 19.5 Å². The highest BCUT2D eigenvalue weighted by Gasteiger charge is 2.20. The van der Waals surface area contributed by atoms with Crippen molar-refractivity contribution in [3.63, 3.8) is 0 Å². The largest absolute Gasteiger partial charge is 0.494 e. The number of rotatable bonds is 10. The van der Waals surface area contributed by atoms with E-state index in [1.54, 1.807) is 31.2 Å². The monoisotopic (exact) mass is 464 g/mol. The van der Waals surface area contributed by atoms with E-state index in [4.69, 9.17) is 14.2 Å². The summed E-state index contributed by atoms with van der Waals surface area (Å²) < 4.78 is 15.8. The molecular weight excluding hydrogens is 436 g/mol. The summed E-state index contributed by atoms with van der Waals surface area (Å²) in [5.74, 6) is -0.940. The highest BCUT2D eigenvalue weighted by atomic mass is 16.5. The molecule has 178 valence electrons. The average molecular weight is 465 g/mol. The van der Waals surface area contributed by atoms with E-state index in [0.29, 0.717) is 34.7 Å². The van der Waals surface area contributed by atoms with Crippen LogP contribution in [0.15, 0.2) is 48.5 Å². The van der Waals surface area contributed by atoms with Crippen LogP contribution >= 0.6 is 0 Å². The van der Waals surface area contributed by atoms with E-state index in [-0.39, 0.29) is 18.7 Å². The maximum Gasteiger partial charge on any atom is 0.340 e. The second-order valence-corrected chi connectivity index (χ2v) is 7.64. The van der Waals surface area contributed by atoms with Gasteiger partial charge >= 0.3 is 11.9 Å². The zero-order valence-electron chi connectivity index (χ0n) is 19.6. The van der Waals surface area contributed by atoms with Gasteiger partial charge in [0.15, 0.2) is 0 Å². The molecule has 0 unspecified atom stereocenters. The lowest BCUT2D eigenvalue weighted by Crippen LogP contribution is -2.30. The predicted octanol–water partition coefficient (Wildman–Crippen LogP) is 3.98. The molecular formula is C26H28N2O6. The number of benzene rings is 2. The van der Waals surface area contributed by atoms with E-state index >= 15 is 0 Å². The average Bonchev–Trinajstić information content (AvgIpc) is 2.86. The Kier molecular flexibility index (Phi) is 8.56. The number of esters is 2. The van der Waals surface area contributed by atoms with Gasteiger partial charge in [-0.05, 0) is 49.2 Å². The molecule has 0 atom stereocenters. The second kappa shape index (κ2) is 11.8. The van der Waals surface area contributed by atoms with Crippen LogP contribution < -0.4 is 10.1 Å². The Morgan fingerprint density at radius 3 is 2.47 bits per heavy atom. The second-order valence-electron chi connectivity index (χ2n) is 7.64. The van der Waals surface area contributed by atoms with Crippen LogP contribution in [-0.2, 0) is 20.9 Å². The van der Waals surface area contributed by atoms with E-state index in [9.17, 15) is 14.4 Å². The van der Waals surface area contributed by atoms with Crippen LogP contribution in [-0.4, -0.2) is 43.1 Å². The highest BCUT2D eigenvalue weighted by Crippen LogP contribution is 2.24. The molecule has 34 heavy (non-hydrogen) atoms. The van der Waals surface area contributed by atoms with Crippen LogP contribution in [0.4, 0.5) is 0 Å². The van der Waals surface area contributed by atoms with Crippen LogP contribution in [0.1, 0.15) is 51.7 Å². The first-order valence-electron chi connectivity index (χ1n) is 11.1. The summed E-state index contributed by atoms with van der Waals surface area (Å²) in [6.45, 7) is 3.95. The summed E-state index contributed by atoms with van der Waals surface area (Å²) in [6.07, 6.45) is 2.00. The SMILES string of the molecule is CCCCOc1ccc(C(=O)NCC(=O)OCc2nc3ccccc3c(C)c2C(=O)OC)cc1. The number of carbonyl (C=O) groups excluding carboxylic acids is 3. The minimum Gasteiger partial charge on any atom is -0.494 e. The number of nitrogens with one attached hydrogen (secondary N) is 1. The fraction of sp³-hybridized carbons (Fsp3) is 0.308. The standard InChI is InChI=1S/C26H28N2O6/c1-4-5-14-33-19-12-10-18(11-13-19)25(30)27-15-23(29)34-16-22-24(26(31)32-3)17(2)20-8-6-7-9-21(20)28-22/h6-13H,4-5,14-16H2,1-3H3,(H,27,30). The molecule has 8 nitrogen and oxygen atoms in total. The number of carbonyl (C=O) groups is 3. The van der Waals surface area contributed by atoms with Crippen molar-refractivity contribution in [1.29, 1.82) is 0 Å². The molecule has 0 radical (unpaired) electrons. The van der Waals surface area contributed by atoms with Gasteiger partial charge in [-0.3, -0.25) is 9.59 Å². The van der Waals surface area contributed by atoms with E-state index in [1.165, 1.54) is 7.11 Å². The molecule has 1 N–H and O–H groups in total. The lowest BCUT2D eigenvalue weighted by molar-refractivity contribution is -0.143. The van der Waals surface area contributed by atoms with Crippen LogP contribution in [0.25, 0.3) is 10.9 Å². The molecule has 0 saturated carbocycles. The molecule has 8 heteroatoms. The van der Waals surface area contributed by atoms with E-state index in [2.05, 4.69) is 17.2 Å². The number of hydrogen-bond donors (Lipinski definition) is 1. The molecule has 0 aliphatic carbocycles. The fourth-order valence-electron chi connectivity index (χ4n) is 3.41. The molecule has 3 rings (SSSR count). The van der Waals surface area contributed by atoms with Crippen molar-refractivity contribution in [2.75, 3.05) is 20.3 Å². The predicted molar refractivity (Wildman–Crippen MR) is 127 cm³/mol. The molecule has 1 heterocycles. The summed E-state index contributed by atoms with van der Waals surface area (Å²) in [4.78, 5) is 41.4. The number of para-hydroxylation sites is 1. The van der Waals surface area contributed by atoms with E-state index in [1.807, 2.05) is 24.3 Å². The Hall–Kier alpha value is -3.94. The van der Waals surface area contributed by atoms with Gasteiger partial charge in [0.25, 0.3) is 5.91 Å². The number of methoxy groups -OCH3 is 1. The number of hydrogen-bond acceptors (Lipinski definition) is 7. The molecule has 0 aliphatic heterocycles. The molecule has 0 saturated heterocycles. The lowest BCUT2D eigenvalue weighted by Gasteiger charge is -2.13. The Morgan fingerprint density at radius 1 is 1.03 bits per heavy atom. The quantitative estimate of drug-likeness (QED) is 0.357. The van der Waals surface area contributed by atoms with E-state index < -0.39 is 17.8 Å². The van der Waals surface area contributed by atoms with Gasteiger partial charge in [0.1, 0.15) is 18.9 Å². The van der Waals surface area contributed by atoms with Gasteiger partial charge in [-0.1, -0.05) is 31.5 Å². The Morgan fingerprint density at radius 2 is 1.76 bits per heavy atom. The van der Waals surface area contributed by atoms with Crippen LogP contribution in [0.5, 0.6) is 5.75 Å². The summed E-state index contributed by atoms with van der Waals surface area (Å²) in [5, 5.41) is 3.34. The van der Waals surface area contributed by atoms with Crippen molar-refractivity contribution in [1.82, 2.24) is 10.3 Å². The van der Waals surface area contributed by atoms with Crippen molar-refractivity contribution in [2.24, 2.45) is 0 Å². The molecule has 0 bridgehead atoms. The first-order chi connectivity index (χ1) is 16.4. The van der Waals surface area contributed by atoms with Crippen LogP contribution in [0, 0.1) is 6.92 Å². The molecule has 1 aromatic heterocycles. The van der Waals surface area contributed by atoms with Gasteiger partial charge in [0.05, 0.1) is 30.5 Å². The maximum absolute atomic E-state index is 12.3. The smallest absolute Gasteiger partial charge is 0.340 e. The number of fused-ring (bicyclic) bond motifs is 1. The van der Waals surface area contributed by atoms with Gasteiger partial charge in [-0.25, -0.2) is 9.78 Å². The first-order valence-corrected chi connectivity index (χ1v) is 11.1. The van der Waals surface area contributed by atoms with Gasteiger partial charge in [0.2, 0.25) is 0 Å². The number of aromatic nitrogens is 1. The molecule has 2 aromatic carbocycles. The Bertz CT molecular complexity index is 1170. The summed E-state index contributed by atoms with van der Waals surface area (Å²) in [7, 11) is 1.28. The normalized spacial score (nSPS) is 10.6. The summed E-state index contributed by atoms with van der Waals surface area (Å²) >= 11 is 0. The number of aryl methyl sites for hydroxylation is 1. The number of amides is 1. The third-order valence-corrected chi connectivity index (χ3v) is 5.26. The Labute approximate surface area is 198 Å². The topological polar surface area (TPSA) is 104 Å². The minimum atomic E-state index is -0.656. The summed E-state index contributed by atoms with van der Waals surface area (Å²) in [5.41, 5.74) is 2.32. The zero-order chi connectivity index (χ0) is 24.5. The Balaban J connectivity index is 1.59. The highest BCUT2D eigenvalue weighted by molar-refractivity contribution is 5.98.